The lowest BCUT2D eigenvalue weighted by Gasteiger charge is -2.26. The van der Waals surface area contributed by atoms with E-state index in [-0.39, 0.29) is 5.91 Å². The predicted molar refractivity (Wildman–Crippen MR) is 104 cm³/mol. The first-order chi connectivity index (χ1) is 11.7. The van der Waals surface area contributed by atoms with Crippen molar-refractivity contribution < 1.29 is 4.79 Å². The summed E-state index contributed by atoms with van der Waals surface area (Å²) in [6.45, 7) is 6.02. The first-order valence-electron chi connectivity index (χ1n) is 9.00. The Morgan fingerprint density at radius 3 is 2.83 bits per heavy atom. The van der Waals surface area contributed by atoms with Gasteiger partial charge < -0.3 is 14.6 Å². The largest absolute Gasteiger partial charge is 0.350 e. The summed E-state index contributed by atoms with van der Waals surface area (Å²) >= 11 is 1.75. The monoisotopic (exact) mass is 345 g/mol. The predicted octanol–water partition coefficient (Wildman–Crippen LogP) is 4.96. The molecule has 1 saturated heterocycles. The average molecular weight is 346 g/mol. The van der Waals surface area contributed by atoms with Crippen LogP contribution in [0.4, 0.5) is 5.69 Å². The molecule has 0 spiro atoms. The molecule has 1 fully saturated rings. The first kappa shape index (κ1) is 17.2. The topological polar surface area (TPSA) is 48.1 Å². The van der Waals surface area contributed by atoms with Crippen LogP contribution in [0.3, 0.4) is 0 Å². The van der Waals surface area contributed by atoms with Gasteiger partial charge in [0.15, 0.2) is 0 Å². The van der Waals surface area contributed by atoms with Crippen LogP contribution in [0, 0.1) is 6.92 Å². The van der Waals surface area contributed by atoms with Crippen LogP contribution in [-0.2, 0) is 0 Å². The Morgan fingerprint density at radius 1 is 1.29 bits per heavy atom. The summed E-state index contributed by atoms with van der Waals surface area (Å²) in [7, 11) is 0. The van der Waals surface area contributed by atoms with Crippen LogP contribution in [0.15, 0.2) is 18.2 Å². The van der Waals surface area contributed by atoms with Crippen LogP contribution in [0.25, 0.3) is 10.9 Å². The van der Waals surface area contributed by atoms with Crippen molar-refractivity contribution in [3.63, 3.8) is 0 Å². The number of nitrogens with zero attached hydrogens (tertiary/aromatic N) is 1. The summed E-state index contributed by atoms with van der Waals surface area (Å²) < 4.78 is 3.41. The van der Waals surface area contributed by atoms with Crippen molar-refractivity contribution in [1.82, 2.24) is 9.88 Å². The third kappa shape index (κ3) is 3.72. The van der Waals surface area contributed by atoms with Gasteiger partial charge in [-0.05, 0) is 56.4 Å². The normalized spacial score (nSPS) is 15.0. The van der Waals surface area contributed by atoms with Crippen molar-refractivity contribution in [1.29, 1.82) is 0 Å². The Kier molecular flexibility index (Phi) is 5.72. The van der Waals surface area contributed by atoms with Crippen molar-refractivity contribution in [2.45, 2.75) is 46.0 Å². The first-order valence-corrected chi connectivity index (χ1v) is 9.98. The lowest BCUT2D eigenvalue weighted by atomic mass is 10.1. The second kappa shape index (κ2) is 7.97. The van der Waals surface area contributed by atoms with E-state index in [1.165, 1.54) is 19.3 Å². The van der Waals surface area contributed by atoms with Gasteiger partial charge in [-0.15, -0.1) is 0 Å². The number of piperidine rings is 1. The summed E-state index contributed by atoms with van der Waals surface area (Å²) in [6, 6.07) is 6.29. The highest BCUT2D eigenvalue weighted by Crippen LogP contribution is 2.27. The second-order valence-electron chi connectivity index (χ2n) is 6.54. The van der Waals surface area contributed by atoms with Crippen molar-refractivity contribution >= 4 is 34.4 Å². The maximum Gasteiger partial charge on any atom is 0.270 e. The molecule has 1 aliphatic rings. The fourth-order valence-electron chi connectivity index (χ4n) is 3.21. The van der Waals surface area contributed by atoms with Gasteiger partial charge in [0.2, 0.25) is 0 Å². The van der Waals surface area contributed by atoms with E-state index >= 15 is 0 Å². The highest BCUT2D eigenvalue weighted by molar-refractivity contribution is 8.00. The second-order valence-corrected chi connectivity index (χ2v) is 7.44. The SMILES string of the molecule is CCCCSNc1ccc2[nH]c(C(=O)N3CCCCC3)c(C)c2c1. The number of rotatable bonds is 6. The lowest BCUT2D eigenvalue weighted by molar-refractivity contribution is 0.0718. The van der Waals surface area contributed by atoms with E-state index in [1.54, 1.807) is 11.9 Å². The van der Waals surface area contributed by atoms with Crippen molar-refractivity contribution in [2.24, 2.45) is 0 Å². The van der Waals surface area contributed by atoms with Gasteiger partial charge in [-0.3, -0.25) is 4.79 Å². The average Bonchev–Trinajstić information content (AvgIpc) is 2.95. The minimum atomic E-state index is 0.148. The van der Waals surface area contributed by atoms with Crippen LogP contribution in [-0.4, -0.2) is 34.6 Å². The molecule has 1 amide bonds. The Hall–Kier alpha value is -1.62. The molecule has 0 unspecified atom stereocenters. The number of aromatic nitrogens is 1. The van der Waals surface area contributed by atoms with Crippen LogP contribution in [0.5, 0.6) is 0 Å². The van der Waals surface area contributed by atoms with Gasteiger partial charge in [-0.1, -0.05) is 25.3 Å². The molecule has 1 aromatic carbocycles. The number of nitrogens with one attached hydrogen (secondary N) is 2. The summed E-state index contributed by atoms with van der Waals surface area (Å²) in [5.41, 5.74) is 3.95. The molecule has 3 rings (SSSR count). The number of hydrogen-bond donors (Lipinski definition) is 2. The molecule has 0 saturated carbocycles. The van der Waals surface area contributed by atoms with Crippen molar-refractivity contribution in [2.75, 3.05) is 23.6 Å². The summed E-state index contributed by atoms with van der Waals surface area (Å²) in [5, 5.41) is 1.14. The molecule has 0 radical (unpaired) electrons. The van der Waals surface area contributed by atoms with Gasteiger partial charge in [0.05, 0.1) is 0 Å². The molecule has 2 aromatic rings. The van der Waals surface area contributed by atoms with Crippen LogP contribution in [0.1, 0.15) is 55.1 Å². The number of hydrogen-bond acceptors (Lipinski definition) is 3. The zero-order valence-electron chi connectivity index (χ0n) is 14.7. The molecule has 24 heavy (non-hydrogen) atoms. The fourth-order valence-corrected chi connectivity index (χ4v) is 4.04. The quantitative estimate of drug-likeness (QED) is 0.574. The number of likely N-dealkylation sites (tertiary alicyclic amines) is 1. The van der Waals surface area contributed by atoms with Crippen LogP contribution >= 0.6 is 11.9 Å². The molecule has 2 heterocycles. The third-order valence-electron chi connectivity index (χ3n) is 4.71. The highest BCUT2D eigenvalue weighted by Gasteiger charge is 2.22. The molecule has 5 heteroatoms. The van der Waals surface area contributed by atoms with E-state index in [1.807, 2.05) is 11.8 Å². The van der Waals surface area contributed by atoms with E-state index < -0.39 is 0 Å². The molecular formula is C19H27N3OS. The Morgan fingerprint density at radius 2 is 2.08 bits per heavy atom. The van der Waals surface area contributed by atoms with Gasteiger partial charge in [-0.25, -0.2) is 0 Å². The number of amides is 1. The minimum absolute atomic E-state index is 0.148. The molecule has 1 aliphatic heterocycles. The number of carbonyl (C=O) groups excluding carboxylic acids is 1. The molecule has 130 valence electrons. The fraction of sp³-hybridized carbons (Fsp3) is 0.526. The number of benzene rings is 1. The Balaban J connectivity index is 1.78. The minimum Gasteiger partial charge on any atom is -0.350 e. The third-order valence-corrected chi connectivity index (χ3v) is 5.58. The Labute approximate surface area is 148 Å². The highest BCUT2D eigenvalue weighted by atomic mass is 32.2. The van der Waals surface area contributed by atoms with Gasteiger partial charge in [-0.2, -0.15) is 0 Å². The summed E-state index contributed by atoms with van der Waals surface area (Å²) in [4.78, 5) is 18.1. The van der Waals surface area contributed by atoms with E-state index in [4.69, 9.17) is 0 Å². The number of aryl methyl sites for hydroxylation is 1. The van der Waals surface area contributed by atoms with Crippen LogP contribution in [0.2, 0.25) is 0 Å². The maximum absolute atomic E-state index is 12.8. The summed E-state index contributed by atoms with van der Waals surface area (Å²) in [5.74, 6) is 1.26. The van der Waals surface area contributed by atoms with Crippen molar-refractivity contribution in [3.05, 3.63) is 29.5 Å². The van der Waals surface area contributed by atoms with E-state index in [0.29, 0.717) is 0 Å². The van der Waals surface area contributed by atoms with Gasteiger partial charge in [0.25, 0.3) is 5.91 Å². The van der Waals surface area contributed by atoms with Gasteiger partial charge in [0, 0.05) is 35.4 Å². The summed E-state index contributed by atoms with van der Waals surface area (Å²) in [6.07, 6.45) is 5.91. The number of anilines is 1. The zero-order valence-corrected chi connectivity index (χ0v) is 15.5. The molecule has 0 aliphatic carbocycles. The van der Waals surface area contributed by atoms with Crippen molar-refractivity contribution in [3.8, 4) is 0 Å². The molecule has 0 atom stereocenters. The number of unbranched alkanes of at least 4 members (excludes halogenated alkanes) is 1. The molecular weight excluding hydrogens is 318 g/mol. The lowest BCUT2D eigenvalue weighted by Crippen LogP contribution is -2.36. The number of carbonyl (C=O) groups is 1. The number of fused-ring (bicyclic) bond motifs is 1. The molecule has 0 bridgehead atoms. The molecule has 1 aromatic heterocycles. The van der Waals surface area contributed by atoms with E-state index in [0.717, 1.165) is 59.5 Å². The van der Waals surface area contributed by atoms with E-state index in [2.05, 4.69) is 34.8 Å². The molecule has 2 N–H and O–H groups in total. The number of aromatic amines is 1. The van der Waals surface area contributed by atoms with E-state index in [9.17, 15) is 4.79 Å². The zero-order chi connectivity index (χ0) is 16.9. The number of H-pyrrole nitrogens is 1. The smallest absolute Gasteiger partial charge is 0.270 e. The standard InChI is InChI=1S/C19H27N3OS/c1-3-4-12-24-21-15-8-9-17-16(13-15)14(2)18(20-17)19(23)22-10-6-5-7-11-22/h8-9,13,20-21H,3-7,10-12H2,1-2H3. The Bertz CT molecular complexity index is 704. The van der Waals surface area contributed by atoms with Gasteiger partial charge in [0.1, 0.15) is 5.69 Å². The van der Waals surface area contributed by atoms with Gasteiger partial charge >= 0.3 is 0 Å². The molecule has 4 nitrogen and oxygen atoms in total. The van der Waals surface area contributed by atoms with Crippen LogP contribution < -0.4 is 4.72 Å². The maximum atomic E-state index is 12.8.